The van der Waals surface area contributed by atoms with Crippen molar-refractivity contribution in [3.05, 3.63) is 193 Å². The van der Waals surface area contributed by atoms with E-state index in [1.165, 1.54) is 44.2 Å². The lowest BCUT2D eigenvalue weighted by atomic mass is 10.0. The van der Waals surface area contributed by atoms with Gasteiger partial charge in [-0.2, -0.15) is 0 Å². The van der Waals surface area contributed by atoms with E-state index in [9.17, 15) is 0 Å². The van der Waals surface area contributed by atoms with Crippen molar-refractivity contribution in [2.45, 2.75) is 12.5 Å². The van der Waals surface area contributed by atoms with E-state index in [0.717, 1.165) is 28.0 Å². The monoisotopic (exact) mass is 630 g/mol. The minimum absolute atomic E-state index is 0.184. The molecule has 8 aromatic rings. The van der Waals surface area contributed by atoms with E-state index < -0.39 is 0 Å². The Labute approximate surface area is 286 Å². The van der Waals surface area contributed by atoms with Gasteiger partial charge in [0.2, 0.25) is 0 Å². The van der Waals surface area contributed by atoms with E-state index in [2.05, 4.69) is 197 Å². The molecule has 4 heteroatoms. The lowest BCUT2D eigenvalue weighted by Gasteiger charge is -2.33. The second-order valence-electron chi connectivity index (χ2n) is 12.5. The van der Waals surface area contributed by atoms with Gasteiger partial charge in [-0.1, -0.05) is 176 Å². The van der Waals surface area contributed by atoms with E-state index in [1.54, 1.807) is 0 Å². The van der Waals surface area contributed by atoms with E-state index in [-0.39, 0.29) is 12.5 Å². The van der Waals surface area contributed by atoms with Gasteiger partial charge in [-0.3, -0.25) is 5.32 Å². The van der Waals surface area contributed by atoms with Crippen molar-refractivity contribution in [3.8, 4) is 33.4 Å². The third-order valence-corrected chi connectivity index (χ3v) is 9.52. The zero-order valence-electron chi connectivity index (χ0n) is 26.9. The van der Waals surface area contributed by atoms with Gasteiger partial charge in [-0.15, -0.1) is 0 Å². The van der Waals surface area contributed by atoms with Crippen molar-refractivity contribution in [2.75, 3.05) is 0 Å². The third kappa shape index (κ3) is 5.38. The number of nitrogens with zero attached hydrogens (tertiary/aromatic N) is 2. The molecule has 7 aromatic carbocycles. The van der Waals surface area contributed by atoms with Crippen LogP contribution >= 0.6 is 0 Å². The summed E-state index contributed by atoms with van der Waals surface area (Å²) in [5, 5.41) is 10.1. The van der Waals surface area contributed by atoms with Crippen LogP contribution in [0.1, 0.15) is 23.6 Å². The Hall–Kier alpha value is -6.23. The summed E-state index contributed by atoms with van der Waals surface area (Å²) < 4.78 is 2.39. The molecular weight excluding hydrogens is 597 g/mol. The van der Waals surface area contributed by atoms with Gasteiger partial charge in [0, 0.05) is 21.9 Å². The van der Waals surface area contributed by atoms with Crippen molar-refractivity contribution in [2.24, 2.45) is 4.99 Å². The molecule has 1 aliphatic heterocycles. The first-order valence-electron chi connectivity index (χ1n) is 16.8. The first-order chi connectivity index (χ1) is 24.3. The highest BCUT2D eigenvalue weighted by Gasteiger charge is 2.28. The number of fused-ring (bicyclic) bond motifs is 3. The molecule has 234 valence electrons. The number of benzene rings is 7. The van der Waals surface area contributed by atoms with Crippen molar-refractivity contribution < 1.29 is 0 Å². The van der Waals surface area contributed by atoms with Crippen molar-refractivity contribution >= 4 is 27.6 Å². The molecule has 0 fully saturated rings. The highest BCUT2D eigenvalue weighted by Crippen LogP contribution is 2.39. The smallest absolute Gasteiger partial charge is 0.184 e. The second kappa shape index (κ2) is 12.4. The summed E-state index contributed by atoms with van der Waals surface area (Å²) in [6.07, 6.45) is -0.563. The van der Waals surface area contributed by atoms with E-state index >= 15 is 0 Å². The van der Waals surface area contributed by atoms with E-state index in [4.69, 9.17) is 4.99 Å². The van der Waals surface area contributed by atoms with Crippen LogP contribution in [0.4, 0.5) is 0 Å². The number of amidine groups is 1. The van der Waals surface area contributed by atoms with Crippen molar-refractivity contribution in [1.29, 1.82) is 0 Å². The average Bonchev–Trinajstić information content (AvgIpc) is 3.54. The molecule has 0 bridgehead atoms. The number of aromatic nitrogens is 1. The van der Waals surface area contributed by atoms with Gasteiger partial charge in [0.15, 0.2) is 6.29 Å². The van der Waals surface area contributed by atoms with Crippen molar-refractivity contribution in [3.63, 3.8) is 0 Å². The molecule has 2 heterocycles. The minimum atomic E-state index is -0.379. The molecule has 1 aliphatic rings. The highest BCUT2D eigenvalue weighted by atomic mass is 15.4. The number of hydrogen-bond acceptors (Lipinski definition) is 3. The van der Waals surface area contributed by atoms with Gasteiger partial charge < -0.3 is 9.88 Å². The fourth-order valence-electron chi connectivity index (χ4n) is 7.10. The van der Waals surface area contributed by atoms with Crippen LogP contribution in [0.25, 0.3) is 55.2 Å². The summed E-state index contributed by atoms with van der Waals surface area (Å²) in [7, 11) is 0. The van der Waals surface area contributed by atoms with Gasteiger partial charge in [-0.05, 0) is 39.4 Å². The molecule has 0 radical (unpaired) electrons. The number of nitrogens with one attached hydrogen (secondary N) is 2. The maximum Gasteiger partial charge on any atom is 0.184 e. The lowest BCUT2D eigenvalue weighted by Crippen LogP contribution is -2.46. The maximum absolute atomic E-state index is 5.43. The predicted molar refractivity (Wildman–Crippen MR) is 203 cm³/mol. The van der Waals surface area contributed by atoms with Gasteiger partial charge >= 0.3 is 0 Å². The number of rotatable bonds is 6. The molecule has 2 atom stereocenters. The Morgan fingerprint density at radius 3 is 1.59 bits per heavy atom. The standard InChI is InChI=1S/C45H34N4/c1-4-13-31(14-5-1)33-23-27-36(28-24-33)43-46-44(37-29-25-34(26-30-37)32-15-6-2-7-16-32)48-45(47-43)49-41-22-11-10-19-39(41)40-21-12-20-38(42(40)49)35-17-8-3-9-18-35/h1-30,43,45,47H,(H,46,48). The highest BCUT2D eigenvalue weighted by molar-refractivity contribution is 6.13. The normalized spacial score (nSPS) is 16.0. The Morgan fingerprint density at radius 2 is 0.939 bits per heavy atom. The summed E-state index contributed by atoms with van der Waals surface area (Å²) in [6.45, 7) is 0. The number of hydrogen-bond donors (Lipinski definition) is 2. The van der Waals surface area contributed by atoms with E-state index in [0.29, 0.717) is 0 Å². The summed E-state index contributed by atoms with van der Waals surface area (Å²) in [4.78, 5) is 5.43. The Morgan fingerprint density at radius 1 is 0.429 bits per heavy atom. The Kier molecular flexibility index (Phi) is 7.34. The molecule has 2 N–H and O–H groups in total. The zero-order chi connectivity index (χ0) is 32.6. The first-order valence-corrected chi connectivity index (χ1v) is 16.8. The van der Waals surface area contributed by atoms with Crippen LogP contribution in [0.5, 0.6) is 0 Å². The molecule has 0 aliphatic carbocycles. The summed E-state index contributed by atoms with van der Waals surface area (Å²) in [6, 6.07) is 64.5. The SMILES string of the molecule is c1ccc(-c2ccc(C3=NC(n4c5ccccc5c5cccc(-c6ccccc6)c54)NC(c4ccc(-c5ccccc5)cc4)N3)cc2)cc1. The fraction of sp³-hybridized carbons (Fsp3) is 0.0444. The second-order valence-corrected chi connectivity index (χ2v) is 12.5. The van der Waals surface area contributed by atoms with Crippen LogP contribution in [0.3, 0.4) is 0 Å². The average molecular weight is 631 g/mol. The van der Waals surface area contributed by atoms with Crippen LogP contribution in [-0.4, -0.2) is 10.4 Å². The number of para-hydroxylation sites is 2. The van der Waals surface area contributed by atoms with Crippen LogP contribution in [0, 0.1) is 0 Å². The lowest BCUT2D eigenvalue weighted by molar-refractivity contribution is 0.341. The number of aliphatic imine (C=N–C) groups is 1. The predicted octanol–water partition coefficient (Wildman–Crippen LogP) is 10.6. The van der Waals surface area contributed by atoms with Crippen molar-refractivity contribution in [1.82, 2.24) is 15.2 Å². The third-order valence-electron chi connectivity index (χ3n) is 9.52. The minimum Gasteiger partial charge on any atom is -0.350 e. The molecule has 2 unspecified atom stereocenters. The van der Waals surface area contributed by atoms with Crippen LogP contribution < -0.4 is 10.6 Å². The largest absolute Gasteiger partial charge is 0.350 e. The van der Waals surface area contributed by atoms with Crippen LogP contribution in [0.2, 0.25) is 0 Å². The first kappa shape index (κ1) is 29.0. The summed E-state index contributed by atoms with van der Waals surface area (Å²) in [5.74, 6) is 0.851. The molecule has 0 saturated heterocycles. The molecule has 0 spiro atoms. The molecule has 1 aromatic heterocycles. The van der Waals surface area contributed by atoms with E-state index in [1.807, 2.05) is 0 Å². The van der Waals surface area contributed by atoms with Gasteiger partial charge in [0.1, 0.15) is 12.0 Å². The van der Waals surface area contributed by atoms with Crippen LogP contribution in [-0.2, 0) is 0 Å². The summed E-state index contributed by atoms with van der Waals surface area (Å²) >= 11 is 0. The topological polar surface area (TPSA) is 41.4 Å². The fourth-order valence-corrected chi connectivity index (χ4v) is 7.10. The Balaban J connectivity index is 1.20. The molecule has 9 rings (SSSR count). The summed E-state index contributed by atoms with van der Waals surface area (Å²) in [5.41, 5.74) is 11.6. The molecule has 0 amide bonds. The molecule has 4 nitrogen and oxygen atoms in total. The molecule has 49 heavy (non-hydrogen) atoms. The maximum atomic E-state index is 5.43. The Bertz CT molecular complexity index is 2410. The van der Waals surface area contributed by atoms with Crippen LogP contribution in [0.15, 0.2) is 187 Å². The molecule has 0 saturated carbocycles. The quantitative estimate of drug-likeness (QED) is 0.192. The zero-order valence-corrected chi connectivity index (χ0v) is 26.9. The van der Waals surface area contributed by atoms with Gasteiger partial charge in [0.25, 0.3) is 0 Å². The molecular formula is C45H34N4. The van der Waals surface area contributed by atoms with Gasteiger partial charge in [0.05, 0.1) is 11.0 Å². The van der Waals surface area contributed by atoms with Gasteiger partial charge in [-0.25, -0.2) is 4.99 Å².